The second kappa shape index (κ2) is 6.00. The van der Waals surface area contributed by atoms with Crippen LogP contribution in [-0.4, -0.2) is 10.5 Å². The quantitative estimate of drug-likeness (QED) is 0.668. The summed E-state index contributed by atoms with van der Waals surface area (Å²) in [5.74, 6) is 2.37. The maximum atomic E-state index is 12.3. The van der Waals surface area contributed by atoms with E-state index in [1.54, 1.807) is 12.1 Å². The Labute approximate surface area is 132 Å². The van der Waals surface area contributed by atoms with Crippen LogP contribution in [0, 0.1) is 19.3 Å². The minimum atomic E-state index is -0.252. The number of benzene rings is 2. The van der Waals surface area contributed by atoms with Crippen LogP contribution in [0.4, 0.5) is 0 Å². The van der Waals surface area contributed by atoms with Crippen molar-refractivity contribution in [3.8, 4) is 12.3 Å². The van der Waals surface area contributed by atoms with Crippen molar-refractivity contribution in [2.75, 3.05) is 0 Å². The molecule has 0 radical (unpaired) electrons. The summed E-state index contributed by atoms with van der Waals surface area (Å²) < 4.78 is 2.96. The van der Waals surface area contributed by atoms with Gasteiger partial charge in [0.25, 0.3) is 5.91 Å². The number of rotatable bonds is 2. The van der Waals surface area contributed by atoms with E-state index in [0.717, 1.165) is 15.8 Å². The number of thiazole rings is 1. The summed E-state index contributed by atoms with van der Waals surface area (Å²) >= 11 is 1.47. The highest BCUT2D eigenvalue weighted by molar-refractivity contribution is 7.16. The summed E-state index contributed by atoms with van der Waals surface area (Å²) in [5.41, 5.74) is 2.69. The van der Waals surface area contributed by atoms with Gasteiger partial charge in [-0.15, -0.1) is 6.42 Å². The maximum Gasteiger partial charge on any atom is 0.279 e. The third kappa shape index (κ3) is 2.72. The highest BCUT2D eigenvalue weighted by atomic mass is 32.1. The molecule has 0 bridgehead atoms. The van der Waals surface area contributed by atoms with Crippen LogP contribution in [0.5, 0.6) is 0 Å². The van der Waals surface area contributed by atoms with Crippen molar-refractivity contribution in [3.05, 3.63) is 64.5 Å². The lowest BCUT2D eigenvalue weighted by molar-refractivity contribution is 0.0998. The van der Waals surface area contributed by atoms with Gasteiger partial charge in [0.2, 0.25) is 0 Å². The topological polar surface area (TPSA) is 34.4 Å². The second-order valence-corrected chi connectivity index (χ2v) is 5.93. The van der Waals surface area contributed by atoms with Crippen LogP contribution >= 0.6 is 11.3 Å². The summed E-state index contributed by atoms with van der Waals surface area (Å²) in [6.07, 6.45) is 5.45. The molecule has 0 fully saturated rings. The second-order valence-electron chi connectivity index (χ2n) is 4.93. The molecule has 0 N–H and O–H groups in total. The van der Waals surface area contributed by atoms with E-state index in [9.17, 15) is 4.79 Å². The summed E-state index contributed by atoms with van der Waals surface area (Å²) in [6, 6.07) is 15.3. The Kier molecular flexibility index (Phi) is 3.90. The maximum absolute atomic E-state index is 12.3. The predicted octanol–water partition coefficient (Wildman–Crippen LogP) is 3.39. The van der Waals surface area contributed by atoms with Crippen LogP contribution in [0.3, 0.4) is 0 Å². The van der Waals surface area contributed by atoms with Crippen molar-refractivity contribution in [1.82, 2.24) is 4.57 Å². The van der Waals surface area contributed by atoms with Gasteiger partial charge in [-0.1, -0.05) is 47.1 Å². The molecule has 0 atom stereocenters. The van der Waals surface area contributed by atoms with Gasteiger partial charge in [-0.2, -0.15) is 4.99 Å². The molecule has 0 saturated carbocycles. The van der Waals surface area contributed by atoms with E-state index < -0.39 is 0 Å². The predicted molar refractivity (Wildman–Crippen MR) is 89.7 cm³/mol. The van der Waals surface area contributed by atoms with Crippen LogP contribution in [0.25, 0.3) is 10.2 Å². The first kappa shape index (κ1) is 14.3. The minimum absolute atomic E-state index is 0.252. The van der Waals surface area contributed by atoms with E-state index in [4.69, 9.17) is 6.42 Å². The molecule has 0 aliphatic rings. The fraction of sp³-hybridized carbons (Fsp3) is 0.111. The average molecular weight is 306 g/mol. The minimum Gasteiger partial charge on any atom is -0.305 e. The fourth-order valence-corrected chi connectivity index (χ4v) is 3.23. The lowest BCUT2D eigenvalue weighted by Gasteiger charge is -1.99. The smallest absolute Gasteiger partial charge is 0.279 e. The van der Waals surface area contributed by atoms with E-state index in [0.29, 0.717) is 16.9 Å². The Hall–Kier alpha value is -2.64. The summed E-state index contributed by atoms with van der Waals surface area (Å²) in [5, 5.41) is 0. The number of fused-ring (bicyclic) bond motifs is 1. The Morgan fingerprint density at radius 2 is 1.95 bits per heavy atom. The van der Waals surface area contributed by atoms with Crippen LogP contribution in [0.15, 0.2) is 53.5 Å². The molecule has 0 saturated heterocycles. The third-order valence-corrected chi connectivity index (χ3v) is 4.39. The SMILES string of the molecule is C#CCn1c(=NC(=O)c2ccc(C)cc2)sc2ccccc21. The standard InChI is InChI=1S/C18H14N2OS/c1-3-12-20-15-6-4-5-7-16(15)22-18(20)19-17(21)14-10-8-13(2)9-11-14/h1,4-11H,12H2,2H3. The first-order valence-electron chi connectivity index (χ1n) is 6.86. The molecule has 1 aromatic heterocycles. The molecule has 0 aliphatic carbocycles. The van der Waals surface area contributed by atoms with Gasteiger partial charge in [0.15, 0.2) is 4.80 Å². The molecule has 1 amide bonds. The largest absolute Gasteiger partial charge is 0.305 e. The molecule has 1 heterocycles. The lowest BCUT2D eigenvalue weighted by Crippen LogP contribution is -2.16. The van der Waals surface area contributed by atoms with Crippen molar-refractivity contribution >= 4 is 27.5 Å². The Morgan fingerprint density at radius 1 is 1.23 bits per heavy atom. The third-order valence-electron chi connectivity index (χ3n) is 3.33. The monoisotopic (exact) mass is 306 g/mol. The zero-order valence-corrected chi connectivity index (χ0v) is 12.9. The van der Waals surface area contributed by atoms with E-state index in [1.165, 1.54) is 11.3 Å². The number of amides is 1. The number of aryl methyl sites for hydroxylation is 1. The molecule has 0 spiro atoms. The number of hydrogen-bond acceptors (Lipinski definition) is 2. The van der Waals surface area contributed by atoms with Gasteiger partial charge in [-0.05, 0) is 31.2 Å². The Morgan fingerprint density at radius 3 is 2.68 bits per heavy atom. The first-order valence-corrected chi connectivity index (χ1v) is 7.68. The van der Waals surface area contributed by atoms with Gasteiger partial charge < -0.3 is 4.57 Å². The van der Waals surface area contributed by atoms with Crippen molar-refractivity contribution in [2.24, 2.45) is 4.99 Å². The first-order chi connectivity index (χ1) is 10.7. The fourth-order valence-electron chi connectivity index (χ4n) is 2.20. The summed E-state index contributed by atoms with van der Waals surface area (Å²) in [4.78, 5) is 17.2. The van der Waals surface area contributed by atoms with E-state index in [-0.39, 0.29) is 5.91 Å². The van der Waals surface area contributed by atoms with Gasteiger partial charge in [-0.3, -0.25) is 4.79 Å². The van der Waals surface area contributed by atoms with Crippen molar-refractivity contribution in [1.29, 1.82) is 0 Å². The van der Waals surface area contributed by atoms with E-state index in [2.05, 4.69) is 10.9 Å². The van der Waals surface area contributed by atoms with Crippen molar-refractivity contribution < 1.29 is 4.79 Å². The normalized spacial score (nSPS) is 11.5. The van der Waals surface area contributed by atoms with Gasteiger partial charge in [0.1, 0.15) is 0 Å². The summed E-state index contributed by atoms with van der Waals surface area (Å²) in [6.45, 7) is 2.38. The number of hydrogen-bond donors (Lipinski definition) is 0. The molecule has 22 heavy (non-hydrogen) atoms. The highest BCUT2D eigenvalue weighted by Crippen LogP contribution is 2.16. The van der Waals surface area contributed by atoms with Crippen LogP contribution in [0.1, 0.15) is 15.9 Å². The molecule has 3 aromatic rings. The van der Waals surface area contributed by atoms with Gasteiger partial charge in [0.05, 0.1) is 16.8 Å². The Balaban J connectivity index is 2.12. The molecule has 108 valence electrons. The Bertz CT molecular complexity index is 940. The number of carbonyl (C=O) groups excluding carboxylic acids is 1. The molecular weight excluding hydrogens is 292 g/mol. The number of para-hydroxylation sites is 1. The number of terminal acetylenes is 1. The molecule has 3 nitrogen and oxygen atoms in total. The van der Waals surface area contributed by atoms with E-state index >= 15 is 0 Å². The molecule has 2 aromatic carbocycles. The molecule has 0 unspecified atom stereocenters. The van der Waals surface area contributed by atoms with E-state index in [1.807, 2.05) is 47.9 Å². The molecule has 4 heteroatoms. The summed E-state index contributed by atoms with van der Waals surface area (Å²) in [7, 11) is 0. The van der Waals surface area contributed by atoms with Gasteiger partial charge in [-0.25, -0.2) is 0 Å². The highest BCUT2D eigenvalue weighted by Gasteiger charge is 2.08. The van der Waals surface area contributed by atoms with Crippen molar-refractivity contribution in [2.45, 2.75) is 13.5 Å². The number of carbonyl (C=O) groups is 1. The lowest BCUT2D eigenvalue weighted by atomic mass is 10.1. The van der Waals surface area contributed by atoms with Gasteiger partial charge >= 0.3 is 0 Å². The van der Waals surface area contributed by atoms with Gasteiger partial charge in [0, 0.05) is 5.56 Å². The number of nitrogens with zero attached hydrogens (tertiary/aromatic N) is 2. The molecular formula is C18H14N2OS. The van der Waals surface area contributed by atoms with Crippen LogP contribution in [-0.2, 0) is 6.54 Å². The zero-order chi connectivity index (χ0) is 15.5. The van der Waals surface area contributed by atoms with Crippen molar-refractivity contribution in [3.63, 3.8) is 0 Å². The molecule has 3 rings (SSSR count). The molecule has 0 aliphatic heterocycles. The average Bonchev–Trinajstić information content (AvgIpc) is 2.86. The number of aromatic nitrogens is 1. The van der Waals surface area contributed by atoms with Crippen LogP contribution < -0.4 is 4.80 Å². The van der Waals surface area contributed by atoms with Crippen LogP contribution in [0.2, 0.25) is 0 Å². The zero-order valence-electron chi connectivity index (χ0n) is 12.1.